The van der Waals surface area contributed by atoms with Crippen LogP contribution in [0.2, 0.25) is 0 Å². The summed E-state index contributed by atoms with van der Waals surface area (Å²) < 4.78 is 28.4. The van der Waals surface area contributed by atoms with Gasteiger partial charge in [0.05, 0.1) is 27.0 Å². The lowest BCUT2D eigenvalue weighted by molar-refractivity contribution is -0.122. The second kappa shape index (κ2) is 7.92. The normalized spacial score (nSPS) is 15.4. The number of carbonyl (C=O) groups is 1. The first kappa shape index (κ1) is 22.3. The predicted octanol–water partition coefficient (Wildman–Crippen LogP) is 4.44. The van der Waals surface area contributed by atoms with Gasteiger partial charge in [-0.3, -0.25) is 4.79 Å². The molecular formula is C24H30N4O3S. The highest BCUT2D eigenvalue weighted by Gasteiger charge is 2.44. The average Bonchev–Trinajstić information content (AvgIpc) is 3.21. The molecule has 2 heterocycles. The topological polar surface area (TPSA) is 84.3 Å². The maximum Gasteiger partial charge on any atom is 0.271 e. The third-order valence-electron chi connectivity index (χ3n) is 6.24. The van der Waals surface area contributed by atoms with Gasteiger partial charge in [0.1, 0.15) is 0 Å². The lowest BCUT2D eigenvalue weighted by Crippen LogP contribution is -2.36. The van der Waals surface area contributed by atoms with Gasteiger partial charge in [-0.2, -0.15) is 0 Å². The summed E-state index contributed by atoms with van der Waals surface area (Å²) in [7, 11) is -2.23. The van der Waals surface area contributed by atoms with E-state index >= 15 is 0 Å². The van der Waals surface area contributed by atoms with Gasteiger partial charge in [-0.25, -0.2) is 17.4 Å². The van der Waals surface area contributed by atoms with Crippen LogP contribution in [-0.2, 0) is 20.2 Å². The third kappa shape index (κ3) is 3.37. The van der Waals surface area contributed by atoms with Crippen LogP contribution in [0.3, 0.4) is 0 Å². The monoisotopic (exact) mass is 454 g/mol. The molecule has 170 valence electrons. The van der Waals surface area contributed by atoms with Gasteiger partial charge in [0.2, 0.25) is 11.9 Å². The number of imidazole rings is 1. The van der Waals surface area contributed by atoms with Crippen molar-refractivity contribution in [2.45, 2.75) is 57.3 Å². The van der Waals surface area contributed by atoms with E-state index in [2.05, 4.69) is 17.2 Å². The Labute approximate surface area is 189 Å². The van der Waals surface area contributed by atoms with E-state index in [1.165, 1.54) is 3.97 Å². The summed E-state index contributed by atoms with van der Waals surface area (Å²) in [6.07, 6.45) is 3.05. The number of benzene rings is 2. The average molecular weight is 455 g/mol. The molecule has 2 aromatic carbocycles. The summed E-state index contributed by atoms with van der Waals surface area (Å²) in [6.45, 7) is 8.49. The maximum absolute atomic E-state index is 13.6. The quantitative estimate of drug-likeness (QED) is 0.534. The molecule has 1 aromatic heterocycles. The molecule has 0 atom stereocenters. The van der Waals surface area contributed by atoms with Crippen LogP contribution in [-0.4, -0.2) is 36.9 Å². The van der Waals surface area contributed by atoms with Gasteiger partial charge in [0.25, 0.3) is 10.0 Å². The molecule has 0 spiro atoms. The number of amides is 1. The molecule has 0 radical (unpaired) electrons. The van der Waals surface area contributed by atoms with Gasteiger partial charge >= 0.3 is 0 Å². The van der Waals surface area contributed by atoms with Gasteiger partial charge < -0.3 is 10.2 Å². The molecule has 7 nitrogen and oxygen atoms in total. The van der Waals surface area contributed by atoms with Crippen molar-refractivity contribution in [1.82, 2.24) is 8.96 Å². The summed E-state index contributed by atoms with van der Waals surface area (Å²) in [6, 6.07) is 10.4. The lowest BCUT2D eigenvalue weighted by Gasteiger charge is -2.20. The zero-order valence-electron chi connectivity index (χ0n) is 19.3. The first-order valence-corrected chi connectivity index (χ1v) is 12.5. The van der Waals surface area contributed by atoms with Crippen molar-refractivity contribution in [1.29, 1.82) is 0 Å². The Balaban J connectivity index is 1.92. The van der Waals surface area contributed by atoms with E-state index in [1.54, 1.807) is 31.3 Å². The van der Waals surface area contributed by atoms with Crippen molar-refractivity contribution >= 4 is 38.6 Å². The number of nitrogens with one attached hydrogen (secondary N) is 1. The molecule has 0 saturated carbocycles. The first-order valence-electron chi connectivity index (χ1n) is 11.0. The fourth-order valence-corrected chi connectivity index (χ4v) is 5.79. The smallest absolute Gasteiger partial charge is 0.271 e. The van der Waals surface area contributed by atoms with Crippen LogP contribution in [0.25, 0.3) is 11.0 Å². The van der Waals surface area contributed by atoms with Crippen LogP contribution in [0.15, 0.2) is 41.3 Å². The number of carbonyl (C=O) groups excluding carboxylic acids is 1. The maximum atomic E-state index is 13.6. The molecule has 0 fully saturated rings. The minimum atomic E-state index is -3.89. The summed E-state index contributed by atoms with van der Waals surface area (Å²) in [5.74, 6) is 0.281. The van der Waals surface area contributed by atoms with Crippen LogP contribution in [0, 0.1) is 6.92 Å². The van der Waals surface area contributed by atoms with Crippen LogP contribution in [0.4, 0.5) is 11.6 Å². The van der Waals surface area contributed by atoms with Gasteiger partial charge in [-0.15, -0.1) is 0 Å². The van der Waals surface area contributed by atoms with E-state index in [0.29, 0.717) is 17.6 Å². The second-order valence-corrected chi connectivity index (χ2v) is 10.7. The van der Waals surface area contributed by atoms with Gasteiger partial charge in [-0.1, -0.05) is 37.5 Å². The molecule has 0 unspecified atom stereocenters. The summed E-state index contributed by atoms with van der Waals surface area (Å²) >= 11 is 0. The van der Waals surface area contributed by atoms with Crippen molar-refractivity contribution in [3.05, 3.63) is 47.5 Å². The standard InChI is InChI=1S/C24H30N4O3S/c1-6-7-8-13-27-20-15-19-21(14-18(20)24(3,4)22(27)29)28(23(25-5)26-19)32(30,31)17-11-9-16(2)10-12-17/h9-12,14-15H,6-8,13H2,1-5H3,(H,25,26). The Morgan fingerprint density at radius 1 is 1.09 bits per heavy atom. The minimum absolute atomic E-state index is 0.0398. The predicted molar refractivity (Wildman–Crippen MR) is 128 cm³/mol. The highest BCUT2D eigenvalue weighted by molar-refractivity contribution is 7.90. The Morgan fingerprint density at radius 2 is 1.78 bits per heavy atom. The molecule has 1 aliphatic rings. The number of rotatable bonds is 7. The van der Waals surface area contributed by atoms with Gasteiger partial charge in [0, 0.05) is 13.6 Å². The number of nitrogens with zero attached hydrogens (tertiary/aromatic N) is 3. The fraction of sp³-hybridized carbons (Fsp3) is 0.417. The molecule has 32 heavy (non-hydrogen) atoms. The fourth-order valence-electron chi connectivity index (χ4n) is 4.34. The van der Waals surface area contributed by atoms with Crippen molar-refractivity contribution in [3.8, 4) is 0 Å². The second-order valence-electron chi connectivity index (χ2n) is 8.91. The lowest BCUT2D eigenvalue weighted by atomic mass is 9.86. The molecule has 0 bridgehead atoms. The Bertz CT molecular complexity index is 1290. The number of anilines is 2. The molecule has 4 rings (SSSR count). The molecule has 3 aromatic rings. The Kier molecular flexibility index (Phi) is 5.53. The van der Waals surface area contributed by atoms with E-state index < -0.39 is 15.4 Å². The zero-order valence-corrected chi connectivity index (χ0v) is 20.1. The molecule has 1 N–H and O–H groups in total. The molecule has 0 aliphatic carbocycles. The van der Waals surface area contributed by atoms with E-state index in [0.717, 1.165) is 36.1 Å². The summed E-state index contributed by atoms with van der Waals surface area (Å²) in [4.78, 5) is 19.8. The Hall–Kier alpha value is -2.87. The molecule has 1 aliphatic heterocycles. The zero-order chi connectivity index (χ0) is 23.3. The van der Waals surface area contributed by atoms with Crippen molar-refractivity contribution in [3.63, 3.8) is 0 Å². The SMILES string of the molecule is CCCCCN1C(=O)C(C)(C)c2cc3c(cc21)nc(NC)n3S(=O)(=O)c1ccc(C)cc1. The van der Waals surface area contributed by atoms with Crippen molar-refractivity contribution in [2.75, 3.05) is 23.8 Å². The molecular weight excluding hydrogens is 424 g/mol. The van der Waals surface area contributed by atoms with Crippen molar-refractivity contribution < 1.29 is 13.2 Å². The Morgan fingerprint density at radius 3 is 2.41 bits per heavy atom. The van der Waals surface area contributed by atoms with E-state index in [-0.39, 0.29) is 16.8 Å². The molecule has 8 heteroatoms. The molecule has 1 amide bonds. The summed E-state index contributed by atoms with van der Waals surface area (Å²) in [5, 5.41) is 2.92. The van der Waals surface area contributed by atoms with E-state index in [1.807, 2.05) is 37.8 Å². The van der Waals surface area contributed by atoms with Gasteiger partial charge in [-0.05, 0) is 57.0 Å². The number of hydrogen-bond acceptors (Lipinski definition) is 5. The van der Waals surface area contributed by atoms with Crippen molar-refractivity contribution in [2.24, 2.45) is 0 Å². The number of fused-ring (bicyclic) bond motifs is 2. The summed E-state index contributed by atoms with van der Waals surface area (Å²) in [5.41, 5.74) is 2.89. The van der Waals surface area contributed by atoms with Crippen LogP contribution >= 0.6 is 0 Å². The van der Waals surface area contributed by atoms with Gasteiger partial charge in [0.15, 0.2) is 0 Å². The number of hydrogen-bond donors (Lipinski definition) is 1. The highest BCUT2D eigenvalue weighted by atomic mass is 32.2. The number of unbranched alkanes of at least 4 members (excludes halogenated alkanes) is 2. The number of aryl methyl sites for hydroxylation is 1. The van der Waals surface area contributed by atoms with E-state index in [9.17, 15) is 13.2 Å². The first-order chi connectivity index (χ1) is 15.1. The number of aromatic nitrogens is 2. The minimum Gasteiger partial charge on any atom is -0.358 e. The highest BCUT2D eigenvalue weighted by Crippen LogP contribution is 2.44. The van der Waals surface area contributed by atoms with Crippen LogP contribution in [0.1, 0.15) is 51.2 Å². The third-order valence-corrected chi connectivity index (χ3v) is 7.96. The van der Waals surface area contributed by atoms with Crippen LogP contribution < -0.4 is 10.2 Å². The van der Waals surface area contributed by atoms with E-state index in [4.69, 9.17) is 0 Å². The van der Waals surface area contributed by atoms with Crippen LogP contribution in [0.5, 0.6) is 0 Å². The molecule has 0 saturated heterocycles. The largest absolute Gasteiger partial charge is 0.358 e.